The third-order valence-corrected chi connectivity index (χ3v) is 7.16. The first kappa shape index (κ1) is 30.8. The highest BCUT2D eigenvalue weighted by molar-refractivity contribution is 8.18. The number of ether oxygens (including phenoxy) is 3. The van der Waals surface area contributed by atoms with Crippen LogP contribution < -0.4 is 19.5 Å². The summed E-state index contributed by atoms with van der Waals surface area (Å²) in [5, 5.41) is 2.14. The molecule has 0 bridgehead atoms. The zero-order chi connectivity index (χ0) is 30.4. The molecule has 3 aromatic carbocycles. The Balaban J connectivity index is 1.47. The Hall–Kier alpha value is -4.16. The van der Waals surface area contributed by atoms with Crippen LogP contribution >= 0.6 is 23.4 Å². The number of amides is 3. The number of thioether (sulfide) groups is 1. The van der Waals surface area contributed by atoms with Crippen molar-refractivity contribution in [3.8, 4) is 17.2 Å². The number of carbonyl (C=O) groups excluding carboxylic acids is 3. The average Bonchev–Trinajstić information content (AvgIpc) is 3.20. The van der Waals surface area contributed by atoms with Crippen LogP contribution in [0.15, 0.2) is 65.6 Å². The van der Waals surface area contributed by atoms with E-state index in [4.69, 9.17) is 25.8 Å². The van der Waals surface area contributed by atoms with Crippen LogP contribution in [0.3, 0.4) is 0 Å². The van der Waals surface area contributed by atoms with Gasteiger partial charge in [0.25, 0.3) is 11.1 Å². The van der Waals surface area contributed by atoms with Crippen LogP contribution in [0, 0.1) is 0 Å². The van der Waals surface area contributed by atoms with E-state index in [2.05, 4.69) is 5.32 Å². The second-order valence-corrected chi connectivity index (χ2v) is 10.1. The van der Waals surface area contributed by atoms with Crippen molar-refractivity contribution in [3.63, 3.8) is 0 Å². The predicted octanol–water partition coefficient (Wildman–Crippen LogP) is 7.02. The normalized spacial score (nSPS) is 14.3. The van der Waals surface area contributed by atoms with Gasteiger partial charge in [-0.1, -0.05) is 35.9 Å². The Morgan fingerprint density at radius 3 is 2.45 bits per heavy atom. The van der Waals surface area contributed by atoms with E-state index >= 15 is 0 Å². The van der Waals surface area contributed by atoms with Gasteiger partial charge in [0, 0.05) is 10.6 Å². The average molecular weight is 621 g/mol. The second-order valence-electron chi connectivity index (χ2n) is 8.75. The fourth-order valence-corrected chi connectivity index (χ4v) is 4.90. The van der Waals surface area contributed by atoms with Crippen LogP contribution in [0.2, 0.25) is 5.02 Å². The molecule has 1 fully saturated rings. The minimum absolute atomic E-state index is 0.0187. The van der Waals surface area contributed by atoms with Crippen molar-refractivity contribution < 1.29 is 41.8 Å². The van der Waals surface area contributed by atoms with Crippen molar-refractivity contribution >= 4 is 52.2 Å². The third-order valence-electron chi connectivity index (χ3n) is 5.88. The highest BCUT2D eigenvalue weighted by atomic mass is 35.5. The largest absolute Gasteiger partial charge is 0.495 e. The zero-order valence-electron chi connectivity index (χ0n) is 22.3. The highest BCUT2D eigenvalue weighted by Gasteiger charge is 2.37. The topological polar surface area (TPSA) is 94.2 Å². The minimum atomic E-state index is -4.65. The van der Waals surface area contributed by atoms with Crippen molar-refractivity contribution in [2.75, 3.05) is 25.6 Å². The van der Waals surface area contributed by atoms with Crippen molar-refractivity contribution in [1.82, 2.24) is 4.90 Å². The van der Waals surface area contributed by atoms with Crippen molar-refractivity contribution in [2.24, 2.45) is 0 Å². The van der Waals surface area contributed by atoms with Gasteiger partial charge in [-0.05, 0) is 66.7 Å². The first-order chi connectivity index (χ1) is 20.0. The maximum atomic E-state index is 13.1. The molecule has 42 heavy (non-hydrogen) atoms. The number of rotatable bonds is 10. The Kier molecular flexibility index (Phi) is 9.69. The van der Waals surface area contributed by atoms with Gasteiger partial charge in [-0.2, -0.15) is 13.2 Å². The van der Waals surface area contributed by atoms with E-state index in [1.165, 1.54) is 13.2 Å². The molecule has 13 heteroatoms. The van der Waals surface area contributed by atoms with Gasteiger partial charge in [-0.3, -0.25) is 19.3 Å². The quantitative estimate of drug-likeness (QED) is 0.243. The first-order valence-electron chi connectivity index (χ1n) is 12.4. The maximum Gasteiger partial charge on any atom is 0.416 e. The Morgan fingerprint density at radius 2 is 1.76 bits per heavy atom. The van der Waals surface area contributed by atoms with Crippen LogP contribution in [0.1, 0.15) is 23.6 Å². The molecule has 0 unspecified atom stereocenters. The number of carbonyl (C=O) groups is 3. The summed E-state index contributed by atoms with van der Waals surface area (Å²) in [5.41, 5.74) is 0.0710. The van der Waals surface area contributed by atoms with Crippen LogP contribution in [0.4, 0.5) is 23.7 Å². The monoisotopic (exact) mass is 620 g/mol. The van der Waals surface area contributed by atoms with Gasteiger partial charge >= 0.3 is 6.18 Å². The number of halogens is 4. The lowest BCUT2D eigenvalue weighted by Gasteiger charge is -2.16. The number of nitrogens with zero attached hydrogens (tertiary/aromatic N) is 1. The van der Waals surface area contributed by atoms with Crippen molar-refractivity contribution in [1.29, 1.82) is 0 Å². The first-order valence-corrected chi connectivity index (χ1v) is 13.6. The van der Waals surface area contributed by atoms with Crippen molar-refractivity contribution in [2.45, 2.75) is 19.7 Å². The van der Waals surface area contributed by atoms with E-state index in [1.807, 2.05) is 18.2 Å². The van der Waals surface area contributed by atoms with Crippen LogP contribution in [0.5, 0.6) is 17.2 Å². The molecule has 0 atom stereocenters. The number of imide groups is 1. The number of alkyl halides is 3. The number of benzene rings is 3. The van der Waals surface area contributed by atoms with Gasteiger partial charge in [0.2, 0.25) is 5.91 Å². The molecule has 220 valence electrons. The van der Waals surface area contributed by atoms with E-state index < -0.39 is 35.3 Å². The molecule has 1 saturated heterocycles. The lowest BCUT2D eigenvalue weighted by Crippen LogP contribution is -2.36. The molecule has 1 heterocycles. The summed E-state index contributed by atoms with van der Waals surface area (Å²) in [5.74, 6) is -0.770. The molecule has 4 rings (SSSR count). The number of anilines is 1. The lowest BCUT2D eigenvalue weighted by atomic mass is 10.1. The molecular weight excluding hydrogens is 597 g/mol. The second kappa shape index (κ2) is 13.2. The molecule has 1 aliphatic heterocycles. The number of nitrogens with one attached hydrogen (secondary N) is 1. The zero-order valence-corrected chi connectivity index (χ0v) is 23.9. The van der Waals surface area contributed by atoms with E-state index in [1.54, 1.807) is 31.2 Å². The van der Waals surface area contributed by atoms with E-state index in [9.17, 15) is 27.6 Å². The summed E-state index contributed by atoms with van der Waals surface area (Å²) < 4.78 is 56.0. The Morgan fingerprint density at radius 1 is 1.02 bits per heavy atom. The Bertz CT molecular complexity index is 1550. The van der Waals surface area contributed by atoms with Gasteiger partial charge in [-0.25, -0.2) is 0 Å². The SMILES string of the molecule is CCOc1cc(/C=C2\SC(=O)N(CC(=O)Nc3cc(C(F)(F)F)ccc3OC)C2=O)ccc1OCc1ccccc1Cl. The molecule has 3 aromatic rings. The summed E-state index contributed by atoms with van der Waals surface area (Å²) in [6.07, 6.45) is -3.18. The molecule has 0 spiro atoms. The summed E-state index contributed by atoms with van der Waals surface area (Å²) in [7, 11) is 1.23. The smallest absolute Gasteiger partial charge is 0.416 e. The molecule has 0 saturated carbocycles. The van der Waals surface area contributed by atoms with Gasteiger partial charge in [0.1, 0.15) is 18.9 Å². The minimum Gasteiger partial charge on any atom is -0.495 e. The maximum absolute atomic E-state index is 13.1. The molecular formula is C29H24ClF3N2O6S. The van der Waals surface area contributed by atoms with Crippen LogP contribution in [0.25, 0.3) is 6.08 Å². The predicted molar refractivity (Wildman–Crippen MR) is 153 cm³/mol. The third kappa shape index (κ3) is 7.37. The molecule has 1 N–H and O–H groups in total. The molecule has 1 aliphatic rings. The molecule has 0 aliphatic carbocycles. The molecule has 0 aromatic heterocycles. The fraction of sp³-hybridized carbons (Fsp3) is 0.207. The summed E-state index contributed by atoms with van der Waals surface area (Å²) in [6.45, 7) is 1.64. The standard InChI is InChI=1S/C29H24ClF3N2O6S/c1-3-40-24-12-17(8-10-23(24)41-16-18-6-4-5-7-20(18)30)13-25-27(37)35(28(38)42-25)15-26(36)34-21-14-19(29(31,32)33)9-11-22(21)39-2/h4-14H,3,15-16H2,1-2H3,(H,34,36)/b25-13-. The molecule has 3 amide bonds. The Labute approximate surface area is 248 Å². The van der Waals surface area contributed by atoms with Gasteiger partial charge in [0.05, 0.1) is 29.9 Å². The van der Waals surface area contributed by atoms with Crippen molar-refractivity contribution in [3.05, 3.63) is 87.3 Å². The van der Waals surface area contributed by atoms with Gasteiger partial charge < -0.3 is 19.5 Å². The summed E-state index contributed by atoms with van der Waals surface area (Å²) >= 11 is 6.83. The van der Waals surface area contributed by atoms with Crippen LogP contribution in [-0.4, -0.2) is 42.2 Å². The number of methoxy groups -OCH3 is 1. The number of hydrogen-bond donors (Lipinski definition) is 1. The van der Waals surface area contributed by atoms with Crippen LogP contribution in [-0.2, 0) is 22.4 Å². The van der Waals surface area contributed by atoms with Gasteiger partial charge in [0.15, 0.2) is 11.5 Å². The molecule has 0 radical (unpaired) electrons. The van der Waals surface area contributed by atoms with E-state index in [0.29, 0.717) is 51.4 Å². The highest BCUT2D eigenvalue weighted by Crippen LogP contribution is 2.37. The molecule has 8 nitrogen and oxygen atoms in total. The lowest BCUT2D eigenvalue weighted by molar-refractivity contribution is -0.137. The van der Waals surface area contributed by atoms with Gasteiger partial charge in [-0.15, -0.1) is 0 Å². The summed E-state index contributed by atoms with van der Waals surface area (Å²) in [4.78, 5) is 38.9. The van der Waals surface area contributed by atoms with E-state index in [-0.39, 0.29) is 22.9 Å². The van der Waals surface area contributed by atoms with E-state index in [0.717, 1.165) is 17.7 Å². The summed E-state index contributed by atoms with van der Waals surface area (Å²) in [6, 6.07) is 14.8. The number of hydrogen-bond acceptors (Lipinski definition) is 7. The fourth-order valence-electron chi connectivity index (χ4n) is 3.88.